The highest BCUT2D eigenvalue weighted by atomic mass is 32.2. The van der Waals surface area contributed by atoms with Crippen LogP contribution in [-0.4, -0.2) is 24.4 Å². The molecule has 0 amide bonds. The molecule has 1 unspecified atom stereocenters. The Morgan fingerprint density at radius 3 is 2.81 bits per heavy atom. The van der Waals surface area contributed by atoms with E-state index in [4.69, 9.17) is 10.3 Å². The largest absolute Gasteiger partial charge is 0.398 e. The van der Waals surface area contributed by atoms with Crippen LogP contribution in [0.25, 0.3) is 0 Å². The molecule has 1 aliphatic rings. The molecule has 2 aromatic rings. The van der Waals surface area contributed by atoms with Gasteiger partial charge < -0.3 is 10.3 Å². The summed E-state index contributed by atoms with van der Waals surface area (Å²) < 4.78 is 32.4. The average Bonchev–Trinajstić information content (AvgIpc) is 3.07. The van der Waals surface area contributed by atoms with Gasteiger partial charge in [0.1, 0.15) is 4.90 Å². The zero-order valence-corrected chi connectivity index (χ0v) is 12.5. The second-order valence-corrected chi connectivity index (χ2v) is 7.04. The Morgan fingerprint density at radius 1 is 1.38 bits per heavy atom. The van der Waals surface area contributed by atoms with Crippen molar-refractivity contribution in [3.63, 3.8) is 0 Å². The fourth-order valence-electron chi connectivity index (χ4n) is 2.69. The number of nitrogen functional groups attached to an aromatic ring is 1. The van der Waals surface area contributed by atoms with Gasteiger partial charge in [-0.05, 0) is 31.9 Å². The zero-order chi connectivity index (χ0) is 15.0. The molecule has 0 aliphatic carbocycles. The lowest BCUT2D eigenvalue weighted by Crippen LogP contribution is -2.31. The van der Waals surface area contributed by atoms with E-state index in [0.717, 1.165) is 18.5 Å². The SMILES string of the molecule is Cc1cc(C2CCCN2S(=O)(=O)c2ccccc2N)on1. The molecule has 1 aromatic heterocycles. The third-order valence-electron chi connectivity index (χ3n) is 3.68. The molecule has 1 aliphatic heterocycles. The summed E-state index contributed by atoms with van der Waals surface area (Å²) in [4.78, 5) is 0.146. The predicted octanol–water partition coefficient (Wildman–Crippen LogP) is 2.09. The maximum atomic E-state index is 12.8. The summed E-state index contributed by atoms with van der Waals surface area (Å²) in [5, 5.41) is 3.85. The average molecular weight is 307 g/mol. The molecule has 6 nitrogen and oxygen atoms in total. The first-order chi connectivity index (χ1) is 10.00. The van der Waals surface area contributed by atoms with E-state index in [2.05, 4.69) is 5.16 Å². The molecule has 0 bridgehead atoms. The van der Waals surface area contributed by atoms with Crippen molar-refractivity contribution in [2.75, 3.05) is 12.3 Å². The highest BCUT2D eigenvalue weighted by molar-refractivity contribution is 7.89. The standard InChI is InChI=1S/C14H17N3O3S/c1-10-9-13(20-16-10)12-6-4-8-17(12)21(18,19)14-7-3-2-5-11(14)15/h2-3,5,7,9,12H,4,6,8,15H2,1H3. The molecular weight excluding hydrogens is 290 g/mol. The van der Waals surface area contributed by atoms with E-state index in [1.54, 1.807) is 24.3 Å². The molecule has 0 saturated carbocycles. The maximum Gasteiger partial charge on any atom is 0.245 e. The number of aryl methyl sites for hydroxylation is 1. The summed E-state index contributed by atoms with van der Waals surface area (Å²) in [5.41, 5.74) is 6.83. The minimum atomic E-state index is -3.64. The highest BCUT2D eigenvalue weighted by Gasteiger charge is 2.38. The normalized spacial score (nSPS) is 20.0. The topological polar surface area (TPSA) is 89.4 Å². The van der Waals surface area contributed by atoms with Gasteiger partial charge in [-0.2, -0.15) is 4.31 Å². The highest BCUT2D eigenvalue weighted by Crippen LogP contribution is 2.37. The van der Waals surface area contributed by atoms with Crippen LogP contribution in [0, 0.1) is 6.92 Å². The van der Waals surface area contributed by atoms with Crippen molar-refractivity contribution in [2.24, 2.45) is 0 Å². The Morgan fingerprint density at radius 2 is 2.14 bits per heavy atom. The molecule has 0 radical (unpaired) electrons. The van der Waals surface area contributed by atoms with Crippen LogP contribution >= 0.6 is 0 Å². The summed E-state index contributed by atoms with van der Waals surface area (Å²) >= 11 is 0. The third kappa shape index (κ3) is 2.43. The Kier molecular flexibility index (Phi) is 3.46. The number of nitrogens with zero attached hydrogens (tertiary/aromatic N) is 2. The van der Waals surface area contributed by atoms with Crippen LogP contribution in [0.1, 0.15) is 30.3 Å². The number of para-hydroxylation sites is 1. The Bertz CT molecular complexity index is 754. The van der Waals surface area contributed by atoms with Crippen LogP contribution in [0.5, 0.6) is 0 Å². The van der Waals surface area contributed by atoms with Crippen LogP contribution in [0.3, 0.4) is 0 Å². The Balaban J connectivity index is 2.00. The van der Waals surface area contributed by atoms with Crippen molar-refractivity contribution in [1.29, 1.82) is 0 Å². The molecule has 1 aromatic carbocycles. The van der Waals surface area contributed by atoms with E-state index >= 15 is 0 Å². The van der Waals surface area contributed by atoms with Gasteiger partial charge in [0.2, 0.25) is 10.0 Å². The lowest BCUT2D eigenvalue weighted by molar-refractivity contribution is 0.297. The molecule has 2 N–H and O–H groups in total. The number of aromatic nitrogens is 1. The molecule has 2 heterocycles. The minimum absolute atomic E-state index is 0.146. The fraction of sp³-hybridized carbons (Fsp3) is 0.357. The van der Waals surface area contributed by atoms with Gasteiger partial charge in [0.15, 0.2) is 5.76 Å². The van der Waals surface area contributed by atoms with Gasteiger partial charge in [0.25, 0.3) is 0 Å². The van der Waals surface area contributed by atoms with E-state index in [1.165, 1.54) is 10.4 Å². The molecule has 1 fully saturated rings. The van der Waals surface area contributed by atoms with E-state index in [1.807, 2.05) is 6.92 Å². The number of hydrogen-bond acceptors (Lipinski definition) is 5. The third-order valence-corrected chi connectivity index (χ3v) is 5.67. The number of hydrogen-bond donors (Lipinski definition) is 1. The van der Waals surface area contributed by atoms with Crippen LogP contribution in [-0.2, 0) is 10.0 Å². The van der Waals surface area contributed by atoms with Gasteiger partial charge >= 0.3 is 0 Å². The van der Waals surface area contributed by atoms with E-state index in [0.29, 0.717) is 12.3 Å². The summed E-state index contributed by atoms with van der Waals surface area (Å²) in [7, 11) is -3.64. The summed E-state index contributed by atoms with van der Waals surface area (Å²) in [6.45, 7) is 2.27. The summed E-state index contributed by atoms with van der Waals surface area (Å²) in [5.74, 6) is 0.586. The Hall–Kier alpha value is -1.86. The number of anilines is 1. The summed E-state index contributed by atoms with van der Waals surface area (Å²) in [6.07, 6.45) is 1.51. The number of rotatable bonds is 3. The van der Waals surface area contributed by atoms with E-state index in [-0.39, 0.29) is 16.6 Å². The molecule has 1 saturated heterocycles. The number of benzene rings is 1. The van der Waals surface area contributed by atoms with Crippen molar-refractivity contribution < 1.29 is 12.9 Å². The molecule has 21 heavy (non-hydrogen) atoms. The van der Waals surface area contributed by atoms with Crippen LogP contribution in [0.15, 0.2) is 39.8 Å². The van der Waals surface area contributed by atoms with Crippen molar-refractivity contribution in [3.05, 3.63) is 41.8 Å². The smallest absolute Gasteiger partial charge is 0.245 e. The van der Waals surface area contributed by atoms with Gasteiger partial charge in [-0.25, -0.2) is 8.42 Å². The molecule has 0 spiro atoms. The Labute approximate surface area is 123 Å². The summed E-state index contributed by atoms with van der Waals surface area (Å²) in [6, 6.07) is 7.99. The quantitative estimate of drug-likeness (QED) is 0.877. The maximum absolute atomic E-state index is 12.8. The van der Waals surface area contributed by atoms with Crippen LogP contribution in [0.4, 0.5) is 5.69 Å². The van der Waals surface area contributed by atoms with Crippen molar-refractivity contribution in [1.82, 2.24) is 9.46 Å². The van der Waals surface area contributed by atoms with Gasteiger partial charge in [0, 0.05) is 12.6 Å². The fourth-order valence-corrected chi connectivity index (χ4v) is 4.48. The number of nitrogens with two attached hydrogens (primary N) is 1. The van der Waals surface area contributed by atoms with Gasteiger partial charge in [0.05, 0.1) is 17.4 Å². The second kappa shape index (κ2) is 5.16. The van der Waals surface area contributed by atoms with Gasteiger partial charge in [-0.15, -0.1) is 0 Å². The monoisotopic (exact) mass is 307 g/mol. The first-order valence-corrected chi connectivity index (χ1v) is 8.24. The van der Waals surface area contributed by atoms with Gasteiger partial charge in [-0.1, -0.05) is 17.3 Å². The van der Waals surface area contributed by atoms with E-state index < -0.39 is 10.0 Å². The molecule has 3 rings (SSSR count). The molecule has 1 atom stereocenters. The van der Waals surface area contributed by atoms with Crippen LogP contribution in [0.2, 0.25) is 0 Å². The van der Waals surface area contributed by atoms with Gasteiger partial charge in [-0.3, -0.25) is 0 Å². The lowest BCUT2D eigenvalue weighted by atomic mass is 10.2. The molecular formula is C14H17N3O3S. The van der Waals surface area contributed by atoms with Crippen molar-refractivity contribution in [3.8, 4) is 0 Å². The van der Waals surface area contributed by atoms with Crippen molar-refractivity contribution in [2.45, 2.75) is 30.7 Å². The first-order valence-electron chi connectivity index (χ1n) is 6.80. The molecule has 7 heteroatoms. The zero-order valence-electron chi connectivity index (χ0n) is 11.7. The van der Waals surface area contributed by atoms with E-state index in [9.17, 15) is 8.42 Å². The van der Waals surface area contributed by atoms with Crippen LogP contribution < -0.4 is 5.73 Å². The molecule has 112 valence electrons. The number of sulfonamides is 1. The second-order valence-electron chi connectivity index (χ2n) is 5.18. The lowest BCUT2D eigenvalue weighted by Gasteiger charge is -2.22. The minimum Gasteiger partial charge on any atom is -0.398 e. The van der Waals surface area contributed by atoms with Crippen molar-refractivity contribution >= 4 is 15.7 Å². The predicted molar refractivity (Wildman–Crippen MR) is 78.0 cm³/mol. The first kappa shape index (κ1) is 14.1.